The van der Waals surface area contributed by atoms with Crippen LogP contribution in [0.5, 0.6) is 5.75 Å². The van der Waals surface area contributed by atoms with E-state index in [0.717, 1.165) is 5.75 Å². The van der Waals surface area contributed by atoms with Gasteiger partial charge in [0.05, 0.1) is 7.11 Å². The Morgan fingerprint density at radius 1 is 0.625 bits per heavy atom. The molecular formula is C23H34O. The molecule has 0 radical (unpaired) electrons. The fourth-order valence-electron chi connectivity index (χ4n) is 4.03. The third kappa shape index (κ3) is 3.77. The number of rotatable bonds is 9. The zero-order valence-corrected chi connectivity index (χ0v) is 16.3. The molecule has 0 saturated carbocycles. The summed E-state index contributed by atoms with van der Waals surface area (Å²) in [5.74, 6) is 0.980. The second-order valence-electron chi connectivity index (χ2n) is 6.83. The van der Waals surface area contributed by atoms with Crippen molar-refractivity contribution in [2.75, 3.05) is 7.11 Å². The second kappa shape index (κ2) is 9.11. The molecule has 0 fully saturated rings. The summed E-state index contributed by atoms with van der Waals surface area (Å²) in [5, 5.41) is 2.90. The van der Waals surface area contributed by atoms with Gasteiger partial charge in [0.1, 0.15) is 5.75 Å². The summed E-state index contributed by atoms with van der Waals surface area (Å²) in [7, 11) is 1.77. The Balaban J connectivity index is 2.86. The van der Waals surface area contributed by atoms with Gasteiger partial charge in [-0.2, -0.15) is 0 Å². The Kier molecular flexibility index (Phi) is 7.15. The molecule has 1 nitrogen and oxygen atoms in total. The lowest BCUT2D eigenvalue weighted by Gasteiger charge is -2.23. The first-order valence-corrected chi connectivity index (χ1v) is 9.84. The summed E-state index contributed by atoms with van der Waals surface area (Å²) >= 11 is 0. The number of benzene rings is 2. The van der Waals surface area contributed by atoms with Crippen LogP contribution in [0.3, 0.4) is 0 Å². The fraction of sp³-hybridized carbons (Fsp3) is 0.565. The molecular weight excluding hydrogens is 292 g/mol. The molecule has 0 aliphatic rings. The zero-order chi connectivity index (χ0) is 17.5. The Bertz CT molecular complexity index is 670. The number of fused-ring (bicyclic) bond motifs is 1. The van der Waals surface area contributed by atoms with Crippen molar-refractivity contribution in [3.05, 3.63) is 40.5 Å². The van der Waals surface area contributed by atoms with Crippen LogP contribution in [0, 0.1) is 0 Å². The first-order valence-electron chi connectivity index (χ1n) is 9.84. The molecule has 0 aliphatic heterocycles. The van der Waals surface area contributed by atoms with Crippen LogP contribution >= 0.6 is 0 Å². The Hall–Kier alpha value is -1.50. The van der Waals surface area contributed by atoms with E-state index < -0.39 is 0 Å². The maximum atomic E-state index is 5.53. The SMILES string of the molecule is CCCc1c(CCC)c(CCC)c2cc(OC)ccc2c1CCC. The van der Waals surface area contributed by atoms with E-state index in [9.17, 15) is 0 Å². The predicted octanol–water partition coefficient (Wildman–Crippen LogP) is 6.66. The molecule has 0 heterocycles. The molecule has 132 valence electrons. The quantitative estimate of drug-likeness (QED) is 0.500. The molecule has 0 atom stereocenters. The molecule has 24 heavy (non-hydrogen) atoms. The number of hydrogen-bond donors (Lipinski definition) is 0. The van der Waals surface area contributed by atoms with E-state index >= 15 is 0 Å². The van der Waals surface area contributed by atoms with Crippen molar-refractivity contribution in [3.63, 3.8) is 0 Å². The summed E-state index contributed by atoms with van der Waals surface area (Å²) in [4.78, 5) is 0. The first-order chi connectivity index (χ1) is 11.7. The highest BCUT2D eigenvalue weighted by Crippen LogP contribution is 2.36. The van der Waals surface area contributed by atoms with Crippen LogP contribution in [-0.4, -0.2) is 7.11 Å². The number of methoxy groups -OCH3 is 1. The van der Waals surface area contributed by atoms with E-state index in [4.69, 9.17) is 4.74 Å². The number of hydrogen-bond acceptors (Lipinski definition) is 1. The third-order valence-corrected chi connectivity index (χ3v) is 4.97. The van der Waals surface area contributed by atoms with Crippen molar-refractivity contribution in [2.24, 2.45) is 0 Å². The minimum atomic E-state index is 0.980. The highest BCUT2D eigenvalue weighted by molar-refractivity contribution is 5.92. The lowest BCUT2D eigenvalue weighted by Crippen LogP contribution is -2.07. The zero-order valence-electron chi connectivity index (χ0n) is 16.3. The normalized spacial score (nSPS) is 11.2. The van der Waals surface area contributed by atoms with Crippen LogP contribution in [0.15, 0.2) is 18.2 Å². The van der Waals surface area contributed by atoms with E-state index in [1.807, 2.05) is 0 Å². The van der Waals surface area contributed by atoms with Gasteiger partial charge in [0.25, 0.3) is 0 Å². The Morgan fingerprint density at radius 3 is 1.54 bits per heavy atom. The molecule has 0 N–H and O–H groups in total. The molecule has 0 bridgehead atoms. The van der Waals surface area contributed by atoms with Crippen molar-refractivity contribution < 1.29 is 4.74 Å². The average Bonchev–Trinajstić information content (AvgIpc) is 2.60. The predicted molar refractivity (Wildman–Crippen MR) is 106 cm³/mol. The summed E-state index contributed by atoms with van der Waals surface area (Å²) < 4.78 is 5.53. The molecule has 2 aromatic carbocycles. The van der Waals surface area contributed by atoms with Gasteiger partial charge in [-0.1, -0.05) is 59.4 Å². The van der Waals surface area contributed by atoms with Gasteiger partial charge in [0, 0.05) is 0 Å². The molecule has 0 aliphatic carbocycles. The van der Waals surface area contributed by atoms with Crippen LogP contribution in [0.4, 0.5) is 0 Å². The van der Waals surface area contributed by atoms with Crippen LogP contribution in [0.1, 0.15) is 75.6 Å². The van der Waals surface area contributed by atoms with Gasteiger partial charge in [-0.3, -0.25) is 0 Å². The van der Waals surface area contributed by atoms with Gasteiger partial charge in [-0.05, 0) is 70.8 Å². The number of aryl methyl sites for hydroxylation is 2. The van der Waals surface area contributed by atoms with Gasteiger partial charge < -0.3 is 4.74 Å². The van der Waals surface area contributed by atoms with Crippen molar-refractivity contribution in [2.45, 2.75) is 79.1 Å². The van der Waals surface area contributed by atoms with Crippen LogP contribution < -0.4 is 4.74 Å². The van der Waals surface area contributed by atoms with Crippen molar-refractivity contribution in [1.29, 1.82) is 0 Å². The molecule has 0 unspecified atom stereocenters. The topological polar surface area (TPSA) is 9.23 Å². The van der Waals surface area contributed by atoms with Gasteiger partial charge in [-0.25, -0.2) is 0 Å². The average molecular weight is 327 g/mol. The van der Waals surface area contributed by atoms with E-state index in [2.05, 4.69) is 45.9 Å². The van der Waals surface area contributed by atoms with Gasteiger partial charge in [0.2, 0.25) is 0 Å². The maximum absolute atomic E-state index is 5.53. The van der Waals surface area contributed by atoms with Gasteiger partial charge in [0.15, 0.2) is 0 Å². The minimum Gasteiger partial charge on any atom is -0.497 e. The fourth-order valence-corrected chi connectivity index (χ4v) is 4.03. The monoisotopic (exact) mass is 326 g/mol. The smallest absolute Gasteiger partial charge is 0.119 e. The highest BCUT2D eigenvalue weighted by atomic mass is 16.5. The summed E-state index contributed by atoms with van der Waals surface area (Å²) in [6.45, 7) is 9.20. The van der Waals surface area contributed by atoms with Crippen LogP contribution in [0.2, 0.25) is 0 Å². The Morgan fingerprint density at radius 2 is 1.08 bits per heavy atom. The minimum absolute atomic E-state index is 0.980. The standard InChI is InChI=1S/C23H34O/c1-6-10-18-19(11-7-2)21(13-9-4)23-16-17(24-5)14-15-22(23)20(18)12-8-3/h14-16H,6-13H2,1-5H3. The Labute approximate surface area is 148 Å². The number of ether oxygens (including phenoxy) is 1. The van der Waals surface area contributed by atoms with Crippen LogP contribution in [-0.2, 0) is 25.7 Å². The lowest BCUT2D eigenvalue weighted by molar-refractivity contribution is 0.415. The largest absolute Gasteiger partial charge is 0.497 e. The highest BCUT2D eigenvalue weighted by Gasteiger charge is 2.18. The second-order valence-corrected chi connectivity index (χ2v) is 6.83. The molecule has 2 aromatic rings. The summed E-state index contributed by atoms with van der Waals surface area (Å²) in [6, 6.07) is 6.70. The van der Waals surface area contributed by atoms with Crippen molar-refractivity contribution in [1.82, 2.24) is 0 Å². The van der Waals surface area contributed by atoms with E-state index in [1.165, 1.54) is 62.1 Å². The molecule has 2 rings (SSSR count). The molecule has 0 saturated heterocycles. The van der Waals surface area contributed by atoms with E-state index in [1.54, 1.807) is 29.4 Å². The summed E-state index contributed by atoms with van der Waals surface area (Å²) in [5.41, 5.74) is 6.48. The lowest BCUT2D eigenvalue weighted by atomic mass is 9.82. The third-order valence-electron chi connectivity index (χ3n) is 4.97. The molecule has 0 spiro atoms. The van der Waals surface area contributed by atoms with Gasteiger partial charge >= 0.3 is 0 Å². The molecule has 0 aromatic heterocycles. The van der Waals surface area contributed by atoms with Crippen LogP contribution in [0.25, 0.3) is 10.8 Å². The molecule has 0 amide bonds. The van der Waals surface area contributed by atoms with Gasteiger partial charge in [-0.15, -0.1) is 0 Å². The van der Waals surface area contributed by atoms with Crippen molar-refractivity contribution >= 4 is 10.8 Å². The van der Waals surface area contributed by atoms with E-state index in [-0.39, 0.29) is 0 Å². The maximum Gasteiger partial charge on any atom is 0.119 e. The summed E-state index contributed by atoms with van der Waals surface area (Å²) in [6.07, 6.45) is 9.61. The van der Waals surface area contributed by atoms with E-state index in [0.29, 0.717) is 0 Å². The first kappa shape index (κ1) is 18.8. The molecule has 1 heteroatoms. The van der Waals surface area contributed by atoms with Crippen molar-refractivity contribution in [3.8, 4) is 5.75 Å².